The average Bonchev–Trinajstić information content (AvgIpc) is 2.20. The number of hydrogen-bond acceptors (Lipinski definition) is 2. The Hall–Kier alpha value is -0.410. The van der Waals surface area contributed by atoms with Gasteiger partial charge in [0.2, 0.25) is 0 Å². The van der Waals surface area contributed by atoms with Crippen molar-refractivity contribution in [1.29, 1.82) is 0 Å². The molecule has 0 aliphatic rings. The third-order valence-corrected chi connectivity index (χ3v) is 3.33. The molecule has 0 fully saturated rings. The first-order valence-corrected chi connectivity index (χ1v) is 6.10. The summed E-state index contributed by atoms with van der Waals surface area (Å²) in [5.41, 5.74) is 1.12. The van der Waals surface area contributed by atoms with Gasteiger partial charge in [-0.15, -0.1) is 0 Å². The maximum Gasteiger partial charge on any atom is 0.0544 e. The Bertz CT molecular complexity index is 295. The molecule has 1 atom stereocenters. The normalized spacial score (nSPS) is 13.5. The fourth-order valence-electron chi connectivity index (χ4n) is 1.41. The van der Waals surface area contributed by atoms with Crippen LogP contribution < -0.4 is 0 Å². The van der Waals surface area contributed by atoms with Crippen molar-refractivity contribution in [2.24, 2.45) is 5.92 Å². The molecule has 0 bridgehead atoms. The molecule has 0 aliphatic heterocycles. The van der Waals surface area contributed by atoms with Crippen LogP contribution in [0.2, 0.25) is 0 Å². The molecule has 1 aromatic heterocycles. The smallest absolute Gasteiger partial charge is 0.0544 e. The topological polar surface area (TPSA) is 16.1 Å². The molecule has 1 unspecified atom stereocenters. The van der Waals surface area contributed by atoms with Crippen molar-refractivity contribution in [2.45, 2.75) is 33.4 Å². The molecule has 1 heterocycles. The number of halogens is 1. The van der Waals surface area contributed by atoms with Crippen molar-refractivity contribution in [3.63, 3.8) is 0 Å². The molecule has 15 heavy (non-hydrogen) atoms. The van der Waals surface area contributed by atoms with Crippen molar-refractivity contribution < 1.29 is 0 Å². The molecule has 0 saturated carbocycles. The van der Waals surface area contributed by atoms with Gasteiger partial charge in [0.05, 0.1) is 5.69 Å². The Labute approximate surface area is 101 Å². The van der Waals surface area contributed by atoms with Crippen LogP contribution in [0.25, 0.3) is 0 Å². The molecule has 0 aliphatic carbocycles. The SMILES string of the molecule is CC(C)C(C)N(C)Cc1ccc(Br)cn1. The highest BCUT2D eigenvalue weighted by atomic mass is 79.9. The van der Waals surface area contributed by atoms with Crippen LogP contribution in [0.4, 0.5) is 0 Å². The number of aromatic nitrogens is 1. The molecular formula is C12H19BrN2. The highest BCUT2D eigenvalue weighted by Crippen LogP contribution is 2.12. The summed E-state index contributed by atoms with van der Waals surface area (Å²) in [6.45, 7) is 7.66. The minimum Gasteiger partial charge on any atom is -0.298 e. The van der Waals surface area contributed by atoms with Crippen LogP contribution in [-0.2, 0) is 6.54 Å². The van der Waals surface area contributed by atoms with Gasteiger partial charge < -0.3 is 0 Å². The highest BCUT2D eigenvalue weighted by molar-refractivity contribution is 9.10. The van der Waals surface area contributed by atoms with E-state index in [4.69, 9.17) is 0 Å². The number of nitrogens with zero attached hydrogens (tertiary/aromatic N) is 2. The van der Waals surface area contributed by atoms with Gasteiger partial charge in [-0.1, -0.05) is 13.8 Å². The average molecular weight is 271 g/mol. The third-order valence-electron chi connectivity index (χ3n) is 2.86. The molecule has 84 valence electrons. The Kier molecular flexibility index (Phi) is 4.74. The monoisotopic (exact) mass is 270 g/mol. The number of pyridine rings is 1. The minimum atomic E-state index is 0.579. The molecule has 0 saturated heterocycles. The zero-order valence-electron chi connectivity index (χ0n) is 9.87. The van der Waals surface area contributed by atoms with Crippen LogP contribution in [0.5, 0.6) is 0 Å². The van der Waals surface area contributed by atoms with E-state index in [-0.39, 0.29) is 0 Å². The zero-order chi connectivity index (χ0) is 11.4. The molecule has 0 aromatic carbocycles. The predicted octanol–water partition coefficient (Wildman–Crippen LogP) is 3.32. The first kappa shape index (κ1) is 12.7. The fourth-order valence-corrected chi connectivity index (χ4v) is 1.64. The molecule has 0 spiro atoms. The van der Waals surface area contributed by atoms with E-state index < -0.39 is 0 Å². The second-order valence-corrected chi connectivity index (χ2v) is 5.28. The predicted molar refractivity (Wildman–Crippen MR) is 67.7 cm³/mol. The first-order chi connectivity index (χ1) is 7.00. The van der Waals surface area contributed by atoms with Crippen molar-refractivity contribution in [2.75, 3.05) is 7.05 Å². The largest absolute Gasteiger partial charge is 0.298 e. The summed E-state index contributed by atoms with van der Waals surface area (Å²) in [6, 6.07) is 4.68. The highest BCUT2D eigenvalue weighted by Gasteiger charge is 2.13. The number of rotatable bonds is 4. The lowest BCUT2D eigenvalue weighted by Crippen LogP contribution is -2.32. The molecular weight excluding hydrogens is 252 g/mol. The van der Waals surface area contributed by atoms with Crippen LogP contribution in [0.15, 0.2) is 22.8 Å². The Morgan fingerprint density at radius 1 is 1.33 bits per heavy atom. The van der Waals surface area contributed by atoms with Crippen LogP contribution in [0, 0.1) is 5.92 Å². The Morgan fingerprint density at radius 3 is 2.47 bits per heavy atom. The van der Waals surface area contributed by atoms with Gasteiger partial charge in [0, 0.05) is 23.3 Å². The van der Waals surface area contributed by atoms with Crippen molar-refractivity contribution in [3.05, 3.63) is 28.5 Å². The molecule has 0 radical (unpaired) electrons. The zero-order valence-corrected chi connectivity index (χ0v) is 11.5. The van der Waals surface area contributed by atoms with Crippen molar-refractivity contribution >= 4 is 15.9 Å². The van der Waals surface area contributed by atoms with E-state index in [9.17, 15) is 0 Å². The van der Waals surface area contributed by atoms with E-state index in [0.29, 0.717) is 12.0 Å². The lowest BCUT2D eigenvalue weighted by atomic mass is 10.1. The van der Waals surface area contributed by atoms with Crippen LogP contribution >= 0.6 is 15.9 Å². The second-order valence-electron chi connectivity index (χ2n) is 4.37. The minimum absolute atomic E-state index is 0.579. The van der Waals surface area contributed by atoms with Gasteiger partial charge in [-0.05, 0) is 48.0 Å². The summed E-state index contributed by atoms with van der Waals surface area (Å²) >= 11 is 3.39. The van der Waals surface area contributed by atoms with E-state index in [1.807, 2.05) is 12.3 Å². The van der Waals surface area contributed by atoms with Crippen LogP contribution in [-0.4, -0.2) is 23.0 Å². The quantitative estimate of drug-likeness (QED) is 0.835. The molecule has 0 amide bonds. The summed E-state index contributed by atoms with van der Waals surface area (Å²) in [6.07, 6.45) is 1.85. The molecule has 1 aromatic rings. The lowest BCUT2D eigenvalue weighted by molar-refractivity contribution is 0.198. The Balaban J connectivity index is 2.58. The molecule has 2 nitrogen and oxygen atoms in total. The first-order valence-electron chi connectivity index (χ1n) is 5.31. The molecule has 3 heteroatoms. The maximum absolute atomic E-state index is 4.37. The van der Waals surface area contributed by atoms with E-state index in [1.165, 1.54) is 0 Å². The summed E-state index contributed by atoms with van der Waals surface area (Å²) < 4.78 is 1.03. The molecule has 0 N–H and O–H groups in total. The van der Waals surface area contributed by atoms with Crippen LogP contribution in [0.3, 0.4) is 0 Å². The lowest BCUT2D eigenvalue weighted by Gasteiger charge is -2.27. The standard InChI is InChI=1S/C12H19BrN2/c1-9(2)10(3)15(4)8-12-6-5-11(13)7-14-12/h5-7,9-10H,8H2,1-4H3. The van der Waals surface area contributed by atoms with Crippen LogP contribution in [0.1, 0.15) is 26.5 Å². The van der Waals surface area contributed by atoms with E-state index >= 15 is 0 Å². The summed E-state index contributed by atoms with van der Waals surface area (Å²) in [4.78, 5) is 6.71. The Morgan fingerprint density at radius 2 is 2.00 bits per heavy atom. The van der Waals surface area contributed by atoms with Gasteiger partial charge in [0.15, 0.2) is 0 Å². The fraction of sp³-hybridized carbons (Fsp3) is 0.583. The maximum atomic E-state index is 4.37. The van der Waals surface area contributed by atoms with E-state index in [2.05, 4.69) is 59.7 Å². The summed E-state index contributed by atoms with van der Waals surface area (Å²) in [7, 11) is 2.15. The summed E-state index contributed by atoms with van der Waals surface area (Å²) in [5.74, 6) is 0.672. The van der Waals surface area contributed by atoms with E-state index in [1.54, 1.807) is 0 Å². The summed E-state index contributed by atoms with van der Waals surface area (Å²) in [5, 5.41) is 0. The van der Waals surface area contributed by atoms with Crippen molar-refractivity contribution in [1.82, 2.24) is 9.88 Å². The molecule has 1 rings (SSSR count). The van der Waals surface area contributed by atoms with Gasteiger partial charge in [-0.2, -0.15) is 0 Å². The van der Waals surface area contributed by atoms with E-state index in [0.717, 1.165) is 16.7 Å². The number of hydrogen-bond donors (Lipinski definition) is 0. The van der Waals surface area contributed by atoms with Crippen molar-refractivity contribution in [3.8, 4) is 0 Å². The van der Waals surface area contributed by atoms with Gasteiger partial charge in [0.1, 0.15) is 0 Å². The van der Waals surface area contributed by atoms with Gasteiger partial charge in [-0.3, -0.25) is 9.88 Å². The van der Waals surface area contributed by atoms with Gasteiger partial charge in [0.25, 0.3) is 0 Å². The van der Waals surface area contributed by atoms with Gasteiger partial charge in [-0.25, -0.2) is 0 Å². The third kappa shape index (κ3) is 3.92. The van der Waals surface area contributed by atoms with Gasteiger partial charge >= 0.3 is 0 Å². The second kappa shape index (κ2) is 5.61.